The summed E-state index contributed by atoms with van der Waals surface area (Å²) in [6.07, 6.45) is 3.52. The van der Waals surface area contributed by atoms with Gasteiger partial charge in [0, 0.05) is 5.54 Å². The van der Waals surface area contributed by atoms with E-state index in [9.17, 15) is 0 Å². The molecule has 15 heavy (non-hydrogen) atoms. The van der Waals surface area contributed by atoms with Gasteiger partial charge in [-0.25, -0.2) is 0 Å². The van der Waals surface area contributed by atoms with Gasteiger partial charge in [-0.05, 0) is 46.2 Å². The van der Waals surface area contributed by atoms with Crippen LogP contribution < -0.4 is 4.98 Å². The van der Waals surface area contributed by atoms with Gasteiger partial charge in [-0.1, -0.05) is 30.3 Å². The molecular formula is C13H25NSi. The van der Waals surface area contributed by atoms with Gasteiger partial charge in [0.15, 0.2) is 8.24 Å². The molecule has 0 radical (unpaired) electrons. The lowest BCUT2D eigenvalue weighted by Gasteiger charge is -2.35. The van der Waals surface area contributed by atoms with E-state index < -0.39 is 8.24 Å². The first-order valence-corrected chi connectivity index (χ1v) is 8.80. The first kappa shape index (κ1) is 12.7. The van der Waals surface area contributed by atoms with Crippen LogP contribution in [0.4, 0.5) is 0 Å². The summed E-state index contributed by atoms with van der Waals surface area (Å²) in [4.78, 5) is 3.84. The molecule has 0 atom stereocenters. The Morgan fingerprint density at radius 1 is 1.20 bits per heavy atom. The van der Waals surface area contributed by atoms with E-state index in [1.165, 1.54) is 5.57 Å². The Kier molecular flexibility index (Phi) is 3.32. The smallest absolute Gasteiger partial charge is 0.152 e. The molecule has 0 aromatic rings. The first-order valence-electron chi connectivity index (χ1n) is 5.80. The highest BCUT2D eigenvalue weighted by Crippen LogP contribution is 2.32. The van der Waals surface area contributed by atoms with Crippen molar-refractivity contribution in [1.82, 2.24) is 4.98 Å². The largest absolute Gasteiger partial charge is 0.329 e. The van der Waals surface area contributed by atoms with E-state index in [0.29, 0.717) is 0 Å². The molecule has 0 aliphatic heterocycles. The van der Waals surface area contributed by atoms with Gasteiger partial charge in [-0.2, -0.15) is 0 Å². The molecule has 0 aromatic carbocycles. The molecule has 0 aromatic heterocycles. The maximum absolute atomic E-state index is 3.84. The lowest BCUT2D eigenvalue weighted by molar-refractivity contribution is 0.514. The van der Waals surface area contributed by atoms with E-state index in [1.54, 1.807) is 10.8 Å². The normalized spacial score (nSPS) is 18.5. The number of hydrogen-bond acceptors (Lipinski definition) is 1. The van der Waals surface area contributed by atoms with Crippen molar-refractivity contribution in [2.24, 2.45) is 0 Å². The minimum Gasteiger partial charge on any atom is -0.329 e. The second-order valence-corrected chi connectivity index (χ2v) is 10.2. The standard InChI is InChI=1S/C13H25NSi/c1-10-8-9-11(2)12(10)15(6,7)14-13(3,4)5/h8,14H,9H2,1-7H3. The zero-order valence-electron chi connectivity index (χ0n) is 11.3. The predicted molar refractivity (Wildman–Crippen MR) is 71.4 cm³/mol. The van der Waals surface area contributed by atoms with Gasteiger partial charge in [0.2, 0.25) is 0 Å². The maximum atomic E-state index is 3.84. The molecule has 0 fully saturated rings. The fraction of sp³-hybridized carbons (Fsp3) is 0.692. The van der Waals surface area contributed by atoms with Crippen LogP contribution in [0, 0.1) is 0 Å². The molecule has 0 amide bonds. The Morgan fingerprint density at radius 3 is 2.07 bits per heavy atom. The second kappa shape index (κ2) is 3.91. The highest BCUT2D eigenvalue weighted by molar-refractivity contribution is 6.83. The van der Waals surface area contributed by atoms with Gasteiger partial charge in [0.05, 0.1) is 0 Å². The van der Waals surface area contributed by atoms with Crippen molar-refractivity contribution in [3.63, 3.8) is 0 Å². The molecule has 0 heterocycles. The lowest BCUT2D eigenvalue weighted by atomic mass is 10.1. The van der Waals surface area contributed by atoms with Gasteiger partial charge in [0.1, 0.15) is 0 Å². The Morgan fingerprint density at radius 2 is 1.73 bits per heavy atom. The molecule has 0 unspecified atom stereocenters. The molecule has 0 spiro atoms. The fourth-order valence-electron chi connectivity index (χ4n) is 2.87. The highest BCUT2D eigenvalue weighted by Gasteiger charge is 2.33. The second-order valence-electron chi connectivity index (χ2n) is 6.25. The minimum atomic E-state index is -1.47. The molecule has 1 N–H and O–H groups in total. The van der Waals surface area contributed by atoms with E-state index in [4.69, 9.17) is 0 Å². The van der Waals surface area contributed by atoms with Gasteiger partial charge < -0.3 is 4.98 Å². The van der Waals surface area contributed by atoms with Crippen LogP contribution in [-0.4, -0.2) is 13.8 Å². The van der Waals surface area contributed by atoms with Crippen molar-refractivity contribution in [1.29, 1.82) is 0 Å². The number of hydrogen-bond donors (Lipinski definition) is 1. The van der Waals surface area contributed by atoms with Gasteiger partial charge in [0.25, 0.3) is 0 Å². The molecule has 0 saturated heterocycles. The van der Waals surface area contributed by atoms with Crippen LogP contribution in [-0.2, 0) is 0 Å². The van der Waals surface area contributed by atoms with Crippen molar-refractivity contribution in [3.8, 4) is 0 Å². The summed E-state index contributed by atoms with van der Waals surface area (Å²) in [5.41, 5.74) is 3.29. The molecule has 1 aliphatic rings. The molecule has 86 valence electrons. The van der Waals surface area contributed by atoms with E-state index >= 15 is 0 Å². The summed E-state index contributed by atoms with van der Waals surface area (Å²) in [5.74, 6) is 0. The Balaban J connectivity index is 2.96. The zero-order chi connectivity index (χ0) is 11.9. The summed E-state index contributed by atoms with van der Waals surface area (Å²) in [6.45, 7) is 16.1. The molecule has 1 rings (SSSR count). The summed E-state index contributed by atoms with van der Waals surface area (Å²) in [7, 11) is -1.47. The third kappa shape index (κ3) is 3.05. The monoisotopic (exact) mass is 223 g/mol. The van der Waals surface area contributed by atoms with Crippen molar-refractivity contribution < 1.29 is 0 Å². The lowest BCUT2D eigenvalue weighted by Crippen LogP contribution is -2.56. The average Bonchev–Trinajstić information content (AvgIpc) is 2.25. The predicted octanol–water partition coefficient (Wildman–Crippen LogP) is 3.79. The SMILES string of the molecule is CC1=CCC(C)=C1[Si](C)(C)NC(C)(C)C. The Labute approximate surface area is 95.7 Å². The van der Waals surface area contributed by atoms with Crippen molar-refractivity contribution in [2.45, 2.75) is 59.7 Å². The minimum absolute atomic E-state index is 0.214. The van der Waals surface area contributed by atoms with Crippen molar-refractivity contribution in [2.75, 3.05) is 0 Å². The summed E-state index contributed by atoms with van der Waals surface area (Å²) < 4.78 is 0. The molecule has 0 bridgehead atoms. The van der Waals surface area contributed by atoms with Crippen LogP contribution >= 0.6 is 0 Å². The Bertz CT molecular complexity index is 316. The molecule has 1 nitrogen and oxygen atoms in total. The van der Waals surface area contributed by atoms with Crippen LogP contribution in [0.25, 0.3) is 0 Å². The van der Waals surface area contributed by atoms with E-state index in [0.717, 1.165) is 6.42 Å². The number of nitrogens with one attached hydrogen (secondary N) is 1. The Hall–Kier alpha value is -0.343. The van der Waals surface area contributed by atoms with Gasteiger partial charge in [-0.3, -0.25) is 0 Å². The van der Waals surface area contributed by atoms with E-state index in [1.807, 2.05) is 0 Å². The van der Waals surface area contributed by atoms with E-state index in [2.05, 4.69) is 58.8 Å². The summed E-state index contributed by atoms with van der Waals surface area (Å²) in [5, 5.41) is 1.64. The highest BCUT2D eigenvalue weighted by atomic mass is 28.3. The van der Waals surface area contributed by atoms with Crippen LogP contribution in [0.5, 0.6) is 0 Å². The van der Waals surface area contributed by atoms with Crippen molar-refractivity contribution >= 4 is 8.24 Å². The third-order valence-corrected chi connectivity index (χ3v) is 6.29. The van der Waals surface area contributed by atoms with Crippen LogP contribution in [0.1, 0.15) is 41.0 Å². The van der Waals surface area contributed by atoms with Crippen LogP contribution in [0.2, 0.25) is 13.1 Å². The maximum Gasteiger partial charge on any atom is 0.152 e. The average molecular weight is 223 g/mol. The number of allylic oxidation sites excluding steroid dienone is 4. The quantitative estimate of drug-likeness (QED) is 0.702. The van der Waals surface area contributed by atoms with Crippen LogP contribution in [0.15, 0.2) is 22.4 Å². The first-order chi connectivity index (χ1) is 6.63. The fourth-order valence-corrected chi connectivity index (χ4v) is 7.13. The van der Waals surface area contributed by atoms with E-state index in [-0.39, 0.29) is 5.54 Å². The zero-order valence-corrected chi connectivity index (χ0v) is 12.3. The topological polar surface area (TPSA) is 12.0 Å². The number of rotatable bonds is 2. The molecule has 0 saturated carbocycles. The molecular weight excluding hydrogens is 198 g/mol. The van der Waals surface area contributed by atoms with Gasteiger partial charge in [-0.15, -0.1) is 0 Å². The van der Waals surface area contributed by atoms with Crippen LogP contribution in [0.3, 0.4) is 0 Å². The molecule has 1 aliphatic carbocycles. The summed E-state index contributed by atoms with van der Waals surface area (Å²) in [6, 6.07) is 0. The van der Waals surface area contributed by atoms with Crippen molar-refractivity contribution in [3.05, 3.63) is 22.4 Å². The third-order valence-electron chi connectivity index (χ3n) is 2.85. The summed E-state index contributed by atoms with van der Waals surface area (Å²) >= 11 is 0. The molecule has 2 heteroatoms. The van der Waals surface area contributed by atoms with Gasteiger partial charge >= 0.3 is 0 Å².